The summed E-state index contributed by atoms with van der Waals surface area (Å²) < 4.78 is 23.7. The fourth-order valence-corrected chi connectivity index (χ4v) is 7.71. The van der Waals surface area contributed by atoms with Crippen molar-refractivity contribution in [2.45, 2.75) is 59.7 Å². The van der Waals surface area contributed by atoms with Gasteiger partial charge in [0.2, 0.25) is 0 Å². The van der Waals surface area contributed by atoms with Gasteiger partial charge >= 0.3 is 17.4 Å². The van der Waals surface area contributed by atoms with Gasteiger partial charge in [0.05, 0.1) is 0 Å². The largest absolute Gasteiger partial charge is 0.488 e. The lowest BCUT2D eigenvalue weighted by Crippen LogP contribution is -2.53. The van der Waals surface area contributed by atoms with Crippen LogP contribution in [0.5, 0.6) is 0 Å². The Bertz CT molecular complexity index is 204. The van der Waals surface area contributed by atoms with Gasteiger partial charge in [-0.1, -0.05) is 20.8 Å². The second kappa shape index (κ2) is 9.22. The van der Waals surface area contributed by atoms with Crippen LogP contribution in [0.3, 0.4) is 0 Å². The molecule has 0 aromatic heterocycles. The van der Waals surface area contributed by atoms with Crippen LogP contribution >= 0.6 is 0 Å². The predicted octanol–water partition coefficient (Wildman–Crippen LogP) is 3.55. The Morgan fingerprint density at radius 1 is 0.667 bits per heavy atom. The first kappa shape index (κ1) is 18.3. The van der Waals surface area contributed by atoms with Crippen LogP contribution in [-0.2, 0) is 17.4 Å². The minimum atomic E-state index is -2.54. The molecule has 0 unspecified atom stereocenters. The van der Waals surface area contributed by atoms with Gasteiger partial charge in [-0.15, -0.1) is 0 Å². The van der Waals surface area contributed by atoms with E-state index in [-0.39, 0.29) is 0 Å². The Hall–Kier alpha value is 0.274. The zero-order chi connectivity index (χ0) is 14.1. The first-order valence-electron chi connectivity index (χ1n) is 7.01. The van der Waals surface area contributed by atoms with Gasteiger partial charge in [0.1, 0.15) is 0 Å². The quantitative estimate of drug-likeness (QED) is 0.546. The van der Waals surface area contributed by atoms with Crippen LogP contribution in [0.4, 0.5) is 0 Å². The van der Waals surface area contributed by atoms with Gasteiger partial charge in [0.25, 0.3) is 0 Å². The van der Waals surface area contributed by atoms with Crippen molar-refractivity contribution in [3.63, 3.8) is 0 Å². The molecule has 0 aromatic rings. The molecule has 0 fully saturated rings. The zero-order valence-corrected chi connectivity index (χ0v) is 14.9. The van der Waals surface area contributed by atoms with E-state index in [1.165, 1.54) is 0 Å². The topological polar surface area (TPSA) is 36.9 Å². The highest BCUT2D eigenvalue weighted by molar-refractivity contribution is 6.76. The maximum Gasteiger partial charge on any atom is 0.488 e. The van der Waals surface area contributed by atoms with E-state index in [2.05, 4.69) is 33.9 Å². The van der Waals surface area contributed by atoms with Gasteiger partial charge < -0.3 is 17.4 Å². The highest BCUT2D eigenvalue weighted by atomic mass is 28.5. The highest BCUT2D eigenvalue weighted by Gasteiger charge is 2.42. The predicted molar refractivity (Wildman–Crippen MR) is 78.9 cm³/mol. The summed E-state index contributed by atoms with van der Waals surface area (Å²) >= 11 is 0. The molecule has 0 radical (unpaired) electrons. The SMILES string of the molecule is CCCO[Si](C)(C)O[Si](C)(OCCC)OCCC. The number of hydrogen-bond donors (Lipinski definition) is 0. The molecule has 0 heterocycles. The molecular weight excluding hydrogens is 264 g/mol. The Balaban J connectivity index is 4.44. The van der Waals surface area contributed by atoms with Gasteiger partial charge in [-0.2, -0.15) is 0 Å². The lowest BCUT2D eigenvalue weighted by molar-refractivity contribution is 0.0931. The fraction of sp³-hybridized carbons (Fsp3) is 1.00. The smallest absolute Gasteiger partial charge is 0.395 e. The Kier molecular flexibility index (Phi) is 9.36. The summed E-state index contributed by atoms with van der Waals surface area (Å²) in [6.45, 7) is 14.5. The maximum atomic E-state index is 6.14. The molecule has 0 saturated heterocycles. The van der Waals surface area contributed by atoms with E-state index in [9.17, 15) is 0 Å². The normalized spacial score (nSPS) is 13.0. The third kappa shape index (κ3) is 8.39. The van der Waals surface area contributed by atoms with Crippen LogP contribution in [0.2, 0.25) is 19.6 Å². The molecule has 6 heteroatoms. The molecule has 0 aliphatic heterocycles. The van der Waals surface area contributed by atoms with Gasteiger partial charge in [0.15, 0.2) is 0 Å². The first-order chi connectivity index (χ1) is 8.39. The van der Waals surface area contributed by atoms with E-state index in [1.54, 1.807) is 0 Å². The molecule has 0 aliphatic rings. The van der Waals surface area contributed by atoms with Crippen molar-refractivity contribution in [3.8, 4) is 0 Å². The number of hydrogen-bond acceptors (Lipinski definition) is 4. The standard InChI is InChI=1S/C12H30O4Si2/c1-7-10-13-17(4,5)16-18(6,14-11-8-2)15-12-9-3/h7-12H2,1-6H3. The summed E-state index contributed by atoms with van der Waals surface area (Å²) in [7, 11) is -4.69. The summed E-state index contributed by atoms with van der Waals surface area (Å²) in [4.78, 5) is 0. The second-order valence-corrected chi connectivity index (χ2v) is 11.1. The van der Waals surface area contributed by atoms with Crippen LogP contribution in [0.25, 0.3) is 0 Å². The molecular formula is C12H30O4Si2. The molecule has 0 saturated carbocycles. The monoisotopic (exact) mass is 294 g/mol. The minimum absolute atomic E-state index is 0.685. The van der Waals surface area contributed by atoms with E-state index in [4.69, 9.17) is 17.4 Å². The second-order valence-electron chi connectivity index (χ2n) is 4.91. The van der Waals surface area contributed by atoms with Gasteiger partial charge in [0, 0.05) is 26.4 Å². The molecule has 4 nitrogen and oxygen atoms in total. The lowest BCUT2D eigenvalue weighted by atomic mass is 10.5. The fourth-order valence-electron chi connectivity index (χ4n) is 1.50. The highest BCUT2D eigenvalue weighted by Crippen LogP contribution is 2.19. The summed E-state index contributed by atoms with van der Waals surface area (Å²) in [5.74, 6) is 0. The zero-order valence-electron chi connectivity index (χ0n) is 12.9. The molecule has 0 bridgehead atoms. The van der Waals surface area contributed by atoms with Crippen molar-refractivity contribution in [1.29, 1.82) is 0 Å². The van der Waals surface area contributed by atoms with Gasteiger partial charge in [-0.3, -0.25) is 0 Å². The molecule has 0 rings (SSSR count). The van der Waals surface area contributed by atoms with E-state index >= 15 is 0 Å². The molecule has 110 valence electrons. The van der Waals surface area contributed by atoms with Crippen LogP contribution in [0, 0.1) is 0 Å². The average molecular weight is 295 g/mol. The van der Waals surface area contributed by atoms with E-state index in [0.29, 0.717) is 13.2 Å². The van der Waals surface area contributed by atoms with Crippen molar-refractivity contribution >= 4 is 17.4 Å². The van der Waals surface area contributed by atoms with Crippen molar-refractivity contribution in [1.82, 2.24) is 0 Å². The van der Waals surface area contributed by atoms with Crippen molar-refractivity contribution in [3.05, 3.63) is 0 Å². The van der Waals surface area contributed by atoms with Gasteiger partial charge in [-0.25, -0.2) is 0 Å². The maximum absolute atomic E-state index is 6.14. The average Bonchev–Trinajstić information content (AvgIpc) is 2.31. The van der Waals surface area contributed by atoms with Crippen LogP contribution in [-0.4, -0.2) is 37.2 Å². The van der Waals surface area contributed by atoms with E-state index in [0.717, 1.165) is 25.9 Å². The van der Waals surface area contributed by atoms with E-state index in [1.807, 2.05) is 6.55 Å². The molecule has 0 aromatic carbocycles. The minimum Gasteiger partial charge on any atom is -0.395 e. The first-order valence-corrected chi connectivity index (χ1v) is 12.0. The summed E-state index contributed by atoms with van der Waals surface area (Å²) in [5.41, 5.74) is 0. The summed E-state index contributed by atoms with van der Waals surface area (Å²) in [6, 6.07) is 0. The van der Waals surface area contributed by atoms with Crippen LogP contribution < -0.4 is 0 Å². The molecule has 0 atom stereocenters. The van der Waals surface area contributed by atoms with Crippen molar-refractivity contribution in [2.75, 3.05) is 19.8 Å². The molecule has 0 amide bonds. The Morgan fingerprint density at radius 3 is 1.44 bits per heavy atom. The molecule has 0 spiro atoms. The van der Waals surface area contributed by atoms with Crippen LogP contribution in [0.1, 0.15) is 40.0 Å². The van der Waals surface area contributed by atoms with Crippen molar-refractivity contribution < 1.29 is 17.4 Å². The molecule has 0 N–H and O–H groups in total. The number of rotatable bonds is 11. The Labute approximate surface area is 115 Å². The van der Waals surface area contributed by atoms with E-state index < -0.39 is 17.4 Å². The molecule has 0 aliphatic carbocycles. The summed E-state index contributed by atoms with van der Waals surface area (Å²) in [6.07, 6.45) is 2.95. The van der Waals surface area contributed by atoms with Crippen molar-refractivity contribution in [2.24, 2.45) is 0 Å². The lowest BCUT2D eigenvalue weighted by Gasteiger charge is -2.33. The third-order valence-electron chi connectivity index (χ3n) is 2.22. The van der Waals surface area contributed by atoms with Gasteiger partial charge in [-0.05, 0) is 32.4 Å². The Morgan fingerprint density at radius 2 is 1.06 bits per heavy atom. The molecule has 18 heavy (non-hydrogen) atoms. The third-order valence-corrected chi connectivity index (χ3v) is 8.03. The summed E-state index contributed by atoms with van der Waals surface area (Å²) in [5, 5.41) is 0. The van der Waals surface area contributed by atoms with Crippen LogP contribution in [0.15, 0.2) is 0 Å².